The number of carbonyl (C=O) groups is 1. The number of hydrogen-bond acceptors (Lipinski definition) is 4. The van der Waals surface area contributed by atoms with Gasteiger partial charge >= 0.3 is 6.09 Å². The summed E-state index contributed by atoms with van der Waals surface area (Å²) in [5.74, 6) is 7.65. The minimum Gasteiger partial charge on any atom is -0.497 e. The van der Waals surface area contributed by atoms with Crippen LogP contribution in [0.25, 0.3) is 0 Å². The van der Waals surface area contributed by atoms with E-state index in [9.17, 15) is 4.79 Å². The number of nitrogens with zero attached hydrogens (tertiary/aromatic N) is 1. The first-order valence-corrected chi connectivity index (χ1v) is 9.65. The molecule has 1 amide bonds. The monoisotopic (exact) mass is 369 g/mol. The van der Waals surface area contributed by atoms with Crippen molar-refractivity contribution in [3.63, 3.8) is 0 Å². The molecular formula is C21H23NO3S. The molecule has 0 atom stereocenters. The summed E-state index contributed by atoms with van der Waals surface area (Å²) in [5.41, 5.74) is 1.72. The Labute approximate surface area is 159 Å². The second kappa shape index (κ2) is 9.79. The summed E-state index contributed by atoms with van der Waals surface area (Å²) >= 11 is 1.51. The summed E-state index contributed by atoms with van der Waals surface area (Å²) in [6.07, 6.45) is 1.60. The molecular weight excluding hydrogens is 346 g/mol. The smallest absolute Gasteiger partial charge is 0.415 e. The van der Waals surface area contributed by atoms with Crippen molar-refractivity contribution in [1.82, 2.24) is 4.90 Å². The molecule has 0 unspecified atom stereocenters. The van der Waals surface area contributed by atoms with Gasteiger partial charge in [0.05, 0.1) is 12.0 Å². The molecule has 0 fully saturated rings. The van der Waals surface area contributed by atoms with Gasteiger partial charge in [0, 0.05) is 24.2 Å². The van der Waals surface area contributed by atoms with E-state index in [-0.39, 0.29) is 6.09 Å². The molecule has 0 saturated heterocycles. The molecule has 0 N–H and O–H groups in total. The Bertz CT molecular complexity index is 802. The van der Waals surface area contributed by atoms with Crippen molar-refractivity contribution < 1.29 is 14.3 Å². The first kappa shape index (κ1) is 19.7. The van der Waals surface area contributed by atoms with E-state index in [2.05, 4.69) is 11.8 Å². The molecule has 0 heterocycles. The Morgan fingerprint density at radius 2 is 1.77 bits per heavy atom. The van der Waals surface area contributed by atoms with E-state index in [4.69, 9.17) is 9.47 Å². The molecule has 2 aromatic rings. The molecule has 5 heteroatoms. The van der Waals surface area contributed by atoms with Crippen LogP contribution in [0.1, 0.15) is 25.0 Å². The Hall–Kier alpha value is -2.58. The van der Waals surface area contributed by atoms with E-state index in [0.717, 1.165) is 21.8 Å². The first-order chi connectivity index (χ1) is 12.6. The molecule has 0 aliphatic rings. The maximum Gasteiger partial charge on any atom is 0.415 e. The summed E-state index contributed by atoms with van der Waals surface area (Å²) in [7, 11) is 1.64. The average molecular weight is 369 g/mol. The highest BCUT2D eigenvalue weighted by Crippen LogP contribution is 2.31. The number of carbonyl (C=O) groups excluding carboxylic acids is 1. The van der Waals surface area contributed by atoms with Crippen LogP contribution in [-0.4, -0.2) is 37.4 Å². The van der Waals surface area contributed by atoms with Crippen LogP contribution in [0.15, 0.2) is 47.4 Å². The molecule has 0 radical (unpaired) electrons. The van der Waals surface area contributed by atoms with E-state index in [1.54, 1.807) is 18.1 Å². The van der Waals surface area contributed by atoms with Crippen LogP contribution in [0, 0.1) is 11.8 Å². The highest BCUT2D eigenvalue weighted by Gasteiger charge is 2.15. The van der Waals surface area contributed by atoms with Gasteiger partial charge < -0.3 is 14.4 Å². The topological polar surface area (TPSA) is 38.8 Å². The van der Waals surface area contributed by atoms with Crippen LogP contribution in [0.3, 0.4) is 0 Å². The van der Waals surface area contributed by atoms with Gasteiger partial charge in [0.15, 0.2) is 0 Å². The third-order valence-electron chi connectivity index (χ3n) is 3.83. The molecule has 2 rings (SSSR count). The third-order valence-corrected chi connectivity index (χ3v) is 4.66. The highest BCUT2D eigenvalue weighted by molar-refractivity contribution is 7.98. The lowest BCUT2D eigenvalue weighted by molar-refractivity contribution is 0.156. The van der Waals surface area contributed by atoms with E-state index < -0.39 is 0 Å². The van der Waals surface area contributed by atoms with Crippen molar-refractivity contribution in [3.05, 3.63) is 53.6 Å². The molecule has 4 nitrogen and oxygen atoms in total. The van der Waals surface area contributed by atoms with E-state index in [1.807, 2.05) is 56.5 Å². The molecule has 2 aromatic carbocycles. The van der Waals surface area contributed by atoms with Gasteiger partial charge in [-0.05, 0) is 56.5 Å². The van der Waals surface area contributed by atoms with E-state index >= 15 is 0 Å². The van der Waals surface area contributed by atoms with Crippen LogP contribution in [0.5, 0.6) is 11.5 Å². The van der Waals surface area contributed by atoms with Gasteiger partial charge in [0.1, 0.15) is 11.5 Å². The molecule has 136 valence electrons. The number of ether oxygens (including phenoxy) is 2. The maximum absolute atomic E-state index is 12.2. The summed E-state index contributed by atoms with van der Waals surface area (Å²) in [5, 5.41) is 0. The Morgan fingerprint density at radius 1 is 1.08 bits per heavy atom. The lowest BCUT2D eigenvalue weighted by Gasteiger charge is -2.19. The zero-order valence-corrected chi connectivity index (χ0v) is 16.4. The predicted octanol–water partition coefficient (Wildman–Crippen LogP) is 4.66. The van der Waals surface area contributed by atoms with Crippen LogP contribution in [0.4, 0.5) is 4.79 Å². The van der Waals surface area contributed by atoms with Gasteiger partial charge in [0.2, 0.25) is 0 Å². The van der Waals surface area contributed by atoms with Crippen molar-refractivity contribution in [2.75, 3.05) is 26.5 Å². The normalized spacial score (nSPS) is 9.85. The van der Waals surface area contributed by atoms with Crippen molar-refractivity contribution in [1.29, 1.82) is 0 Å². The number of methoxy groups -OCH3 is 1. The average Bonchev–Trinajstić information content (AvgIpc) is 2.67. The SMILES string of the molecule is CCN(CC)C(=O)Oc1cccc(C#Cc2ccc(OC)cc2)c1SC. The van der Waals surface area contributed by atoms with E-state index in [1.165, 1.54) is 11.8 Å². The number of thioether (sulfide) groups is 1. The van der Waals surface area contributed by atoms with Gasteiger partial charge in [-0.15, -0.1) is 11.8 Å². The molecule has 26 heavy (non-hydrogen) atoms. The summed E-state index contributed by atoms with van der Waals surface area (Å²) in [4.78, 5) is 14.7. The Balaban J connectivity index is 2.27. The molecule has 0 aliphatic heterocycles. The fourth-order valence-electron chi connectivity index (χ4n) is 2.36. The summed E-state index contributed by atoms with van der Waals surface area (Å²) < 4.78 is 10.7. The van der Waals surface area contributed by atoms with Gasteiger partial charge in [-0.1, -0.05) is 17.9 Å². The number of rotatable bonds is 5. The quantitative estimate of drug-likeness (QED) is 0.568. The van der Waals surface area contributed by atoms with Crippen LogP contribution in [-0.2, 0) is 0 Å². The van der Waals surface area contributed by atoms with Crippen molar-refractivity contribution in [3.8, 4) is 23.3 Å². The van der Waals surface area contributed by atoms with Gasteiger partial charge in [-0.3, -0.25) is 0 Å². The summed E-state index contributed by atoms with van der Waals surface area (Å²) in [6, 6.07) is 13.2. The van der Waals surface area contributed by atoms with Crippen molar-refractivity contribution >= 4 is 17.9 Å². The third kappa shape index (κ3) is 4.96. The van der Waals surface area contributed by atoms with Crippen LogP contribution in [0.2, 0.25) is 0 Å². The van der Waals surface area contributed by atoms with Gasteiger partial charge in [-0.2, -0.15) is 0 Å². The Kier molecular flexibility index (Phi) is 7.43. The minimum atomic E-state index is -0.342. The summed E-state index contributed by atoms with van der Waals surface area (Å²) in [6.45, 7) is 5.08. The van der Waals surface area contributed by atoms with Crippen molar-refractivity contribution in [2.24, 2.45) is 0 Å². The van der Waals surface area contributed by atoms with Gasteiger partial charge in [-0.25, -0.2) is 4.79 Å². The molecule has 0 saturated carbocycles. The minimum absolute atomic E-state index is 0.342. The fourth-order valence-corrected chi connectivity index (χ4v) is 3.01. The van der Waals surface area contributed by atoms with Gasteiger partial charge in [0.25, 0.3) is 0 Å². The number of benzene rings is 2. The van der Waals surface area contributed by atoms with Crippen LogP contribution >= 0.6 is 11.8 Å². The fraction of sp³-hybridized carbons (Fsp3) is 0.286. The largest absolute Gasteiger partial charge is 0.497 e. The van der Waals surface area contributed by atoms with Crippen molar-refractivity contribution in [2.45, 2.75) is 18.7 Å². The Morgan fingerprint density at radius 3 is 2.35 bits per heavy atom. The van der Waals surface area contributed by atoms with Crippen LogP contribution < -0.4 is 9.47 Å². The number of amides is 1. The second-order valence-electron chi connectivity index (χ2n) is 5.36. The first-order valence-electron chi connectivity index (χ1n) is 8.42. The second-order valence-corrected chi connectivity index (χ2v) is 6.17. The zero-order chi connectivity index (χ0) is 18.9. The molecule has 0 aromatic heterocycles. The maximum atomic E-state index is 12.2. The standard InChI is InChI=1S/C21H23NO3S/c1-5-22(6-2)21(23)25-19-9-7-8-17(20(19)26-4)13-10-16-11-14-18(24-3)15-12-16/h7-9,11-12,14-15H,5-6H2,1-4H3. The molecule has 0 spiro atoms. The molecule has 0 bridgehead atoms. The molecule has 0 aliphatic carbocycles. The highest BCUT2D eigenvalue weighted by atomic mass is 32.2. The lowest BCUT2D eigenvalue weighted by Crippen LogP contribution is -2.33. The zero-order valence-electron chi connectivity index (χ0n) is 15.5. The lowest BCUT2D eigenvalue weighted by atomic mass is 10.1. The predicted molar refractivity (Wildman–Crippen MR) is 106 cm³/mol. The van der Waals surface area contributed by atoms with E-state index in [0.29, 0.717) is 18.8 Å². The number of hydrogen-bond donors (Lipinski definition) is 0.